The molecule has 0 atom stereocenters. The van der Waals surface area contributed by atoms with Gasteiger partial charge in [-0.2, -0.15) is 0 Å². The maximum Gasteiger partial charge on any atom is 0.319 e. The Balaban J connectivity index is 2.68. The van der Waals surface area contributed by atoms with Gasteiger partial charge in [0.2, 0.25) is 0 Å². The van der Waals surface area contributed by atoms with Crippen molar-refractivity contribution in [1.29, 1.82) is 0 Å². The van der Waals surface area contributed by atoms with E-state index in [1.807, 2.05) is 0 Å². The number of hydrogen-bond donors (Lipinski definition) is 0. The molecule has 0 amide bonds. The van der Waals surface area contributed by atoms with Crippen LogP contribution in [0.2, 0.25) is 12.6 Å². The van der Waals surface area contributed by atoms with Gasteiger partial charge in [0.15, 0.2) is 0 Å². The van der Waals surface area contributed by atoms with E-state index in [1.54, 1.807) is 0 Å². The van der Waals surface area contributed by atoms with E-state index in [9.17, 15) is 18.2 Å². The van der Waals surface area contributed by atoms with Crippen molar-refractivity contribution in [1.82, 2.24) is 0 Å². The molecular formula is C5H6BF2O2-. The molecule has 1 aliphatic rings. The van der Waals surface area contributed by atoms with Gasteiger partial charge in [-0.05, 0) is 0 Å². The van der Waals surface area contributed by atoms with Crippen molar-refractivity contribution in [2.24, 2.45) is 0 Å². The van der Waals surface area contributed by atoms with Gasteiger partial charge in [-0.3, -0.25) is 0 Å². The summed E-state index contributed by atoms with van der Waals surface area (Å²) in [5.74, 6) is -1.25. The van der Waals surface area contributed by atoms with Gasteiger partial charge < -0.3 is 18.2 Å². The number of hydrogen-bond acceptors (Lipinski definition) is 2. The fourth-order valence-corrected chi connectivity index (χ4v) is 1.10. The number of halogens is 2. The molecule has 1 rings (SSSR count). The lowest BCUT2D eigenvalue weighted by Gasteiger charge is -2.25. The fourth-order valence-electron chi connectivity index (χ4n) is 1.10. The van der Waals surface area contributed by atoms with Crippen molar-refractivity contribution in [2.75, 3.05) is 0 Å². The molecule has 56 valence electrons. The topological polar surface area (TPSA) is 34.1 Å². The van der Waals surface area contributed by atoms with E-state index < -0.39 is 30.9 Å². The molecule has 0 spiro atoms. The van der Waals surface area contributed by atoms with Crippen LogP contribution in [0.5, 0.6) is 0 Å². The first-order chi connectivity index (χ1) is 4.49. The third-order valence-electron chi connectivity index (χ3n) is 1.45. The van der Waals surface area contributed by atoms with Gasteiger partial charge in [0.05, 0.1) is 6.42 Å². The van der Waals surface area contributed by atoms with Gasteiger partial charge in [0, 0.05) is 0 Å². The molecule has 0 aromatic heterocycles. The van der Waals surface area contributed by atoms with Crippen molar-refractivity contribution in [2.45, 2.75) is 19.1 Å². The van der Waals surface area contributed by atoms with Gasteiger partial charge >= 0.3 is 6.70 Å². The summed E-state index contributed by atoms with van der Waals surface area (Å²) in [7, 11) is 0. The zero-order valence-corrected chi connectivity index (χ0v) is 5.27. The molecule has 5 heteroatoms. The summed E-state index contributed by atoms with van der Waals surface area (Å²) in [6, 6.07) is 0. The molecule has 1 heterocycles. The van der Waals surface area contributed by atoms with Crippen LogP contribution in [0.25, 0.3) is 0 Å². The van der Waals surface area contributed by atoms with Crippen LogP contribution < -0.4 is 0 Å². The van der Waals surface area contributed by atoms with E-state index in [4.69, 9.17) is 0 Å². The highest BCUT2D eigenvalue weighted by Gasteiger charge is 2.34. The molecule has 0 aromatic carbocycles. The normalized spacial score (nSPS) is 25.0. The van der Waals surface area contributed by atoms with E-state index >= 15 is 0 Å². The van der Waals surface area contributed by atoms with Gasteiger partial charge in [-0.25, -0.2) is 0 Å². The monoisotopic (exact) mass is 147 g/mol. The van der Waals surface area contributed by atoms with E-state index in [0.29, 0.717) is 0 Å². The van der Waals surface area contributed by atoms with E-state index in [0.717, 1.165) is 0 Å². The van der Waals surface area contributed by atoms with Crippen molar-refractivity contribution in [3.8, 4) is 0 Å². The molecule has 0 aliphatic carbocycles. The maximum absolute atomic E-state index is 12.3. The molecule has 1 aliphatic heterocycles. The second kappa shape index (κ2) is 2.14. The molecule has 1 saturated heterocycles. The molecule has 0 radical (unpaired) electrons. The highest BCUT2D eigenvalue weighted by atomic mass is 19.2. The van der Waals surface area contributed by atoms with Crippen molar-refractivity contribution in [3.63, 3.8) is 0 Å². The van der Waals surface area contributed by atoms with Gasteiger partial charge in [0.25, 0.3) is 0 Å². The first-order valence-corrected chi connectivity index (χ1v) is 3.08. The summed E-state index contributed by atoms with van der Waals surface area (Å²) in [5, 5.41) is 0. The highest BCUT2D eigenvalue weighted by molar-refractivity contribution is 6.74. The SMILES string of the molecule is O=C1CC(=O)C[B-](F)(F)C1. The lowest BCUT2D eigenvalue weighted by molar-refractivity contribution is -0.125. The lowest BCUT2D eigenvalue weighted by Crippen LogP contribution is -2.35. The number of rotatable bonds is 0. The van der Waals surface area contributed by atoms with Crippen LogP contribution in [0.1, 0.15) is 6.42 Å². The Labute approximate surface area is 56.6 Å². The Bertz CT molecular complexity index is 172. The smallest absolute Gasteiger partial charge is 0.319 e. The average Bonchev–Trinajstić information content (AvgIpc) is 1.54. The summed E-state index contributed by atoms with van der Waals surface area (Å²) in [6.45, 7) is -3.68. The average molecular weight is 147 g/mol. The zero-order valence-electron chi connectivity index (χ0n) is 5.27. The summed E-state index contributed by atoms with van der Waals surface area (Å²) >= 11 is 0. The maximum atomic E-state index is 12.3. The van der Waals surface area contributed by atoms with Crippen LogP contribution in [0, 0.1) is 0 Å². The second-order valence-corrected chi connectivity index (χ2v) is 2.65. The number of carbonyl (C=O) groups excluding carboxylic acids is 2. The molecule has 0 saturated carbocycles. The number of carbonyl (C=O) groups is 2. The number of Topliss-reactive ketones (excluding diaryl/α,β-unsaturated/α-hetero) is 2. The third-order valence-corrected chi connectivity index (χ3v) is 1.45. The van der Waals surface area contributed by atoms with Gasteiger partial charge in [0.1, 0.15) is 11.6 Å². The Morgan fingerprint density at radius 3 is 1.80 bits per heavy atom. The summed E-state index contributed by atoms with van der Waals surface area (Å²) < 4.78 is 24.7. The second-order valence-electron chi connectivity index (χ2n) is 2.65. The predicted octanol–water partition coefficient (Wildman–Crippen LogP) is 0.909. The minimum Gasteiger partial charge on any atom is -0.477 e. The fraction of sp³-hybridized carbons (Fsp3) is 0.600. The van der Waals surface area contributed by atoms with Crippen LogP contribution >= 0.6 is 0 Å². The van der Waals surface area contributed by atoms with Crippen molar-refractivity contribution < 1.29 is 18.2 Å². The van der Waals surface area contributed by atoms with Crippen LogP contribution in [0.15, 0.2) is 0 Å². The molecule has 0 unspecified atom stereocenters. The van der Waals surface area contributed by atoms with E-state index in [-0.39, 0.29) is 6.42 Å². The predicted molar refractivity (Wildman–Crippen MR) is 32.2 cm³/mol. The zero-order chi connectivity index (χ0) is 7.78. The van der Waals surface area contributed by atoms with Crippen LogP contribution in [-0.4, -0.2) is 18.3 Å². The summed E-state index contributed by atoms with van der Waals surface area (Å²) in [6.07, 6.45) is -1.70. The first-order valence-electron chi connectivity index (χ1n) is 3.08. The molecule has 0 aromatic rings. The molecule has 2 nitrogen and oxygen atoms in total. The Hall–Kier alpha value is -0.735. The quantitative estimate of drug-likeness (QED) is 0.376. The minimum atomic E-state index is -3.68. The Kier molecular flexibility index (Phi) is 1.58. The summed E-state index contributed by atoms with van der Waals surface area (Å²) in [5.41, 5.74) is 0. The lowest BCUT2D eigenvalue weighted by atomic mass is 9.53. The molecule has 0 bridgehead atoms. The van der Waals surface area contributed by atoms with E-state index in [2.05, 4.69) is 0 Å². The van der Waals surface area contributed by atoms with E-state index in [1.165, 1.54) is 0 Å². The highest BCUT2D eigenvalue weighted by Crippen LogP contribution is 2.25. The van der Waals surface area contributed by atoms with Crippen LogP contribution in [0.4, 0.5) is 8.63 Å². The third kappa shape index (κ3) is 1.62. The summed E-state index contributed by atoms with van der Waals surface area (Å²) in [4.78, 5) is 20.8. The van der Waals surface area contributed by atoms with Crippen LogP contribution in [0.3, 0.4) is 0 Å². The number of ketones is 2. The molecule has 1 fully saturated rings. The van der Waals surface area contributed by atoms with Crippen LogP contribution in [-0.2, 0) is 9.59 Å². The van der Waals surface area contributed by atoms with Gasteiger partial charge in [-0.1, -0.05) is 12.6 Å². The largest absolute Gasteiger partial charge is 0.477 e. The first kappa shape index (κ1) is 7.37. The van der Waals surface area contributed by atoms with Crippen molar-refractivity contribution in [3.05, 3.63) is 0 Å². The standard InChI is InChI=1S/C5H6BF2O2/c7-6(8)2-4(9)1-5(10)3-6/h1-3H2/q-1. The Morgan fingerprint density at radius 2 is 1.50 bits per heavy atom. The Morgan fingerprint density at radius 1 is 1.10 bits per heavy atom. The molecule has 0 N–H and O–H groups in total. The minimum absolute atomic E-state index is 0.294. The van der Waals surface area contributed by atoms with Crippen molar-refractivity contribution >= 4 is 18.3 Å². The van der Waals surface area contributed by atoms with Gasteiger partial charge in [-0.15, -0.1) is 0 Å². The molecular weight excluding hydrogens is 141 g/mol. The molecule has 10 heavy (non-hydrogen) atoms.